The van der Waals surface area contributed by atoms with Crippen molar-refractivity contribution in [1.82, 2.24) is 0 Å². The molecular formula is C16H13NO. The van der Waals surface area contributed by atoms with Crippen molar-refractivity contribution in [1.29, 1.82) is 0 Å². The lowest BCUT2D eigenvalue weighted by molar-refractivity contribution is -0.106. The second-order valence-electron chi connectivity index (χ2n) is 5.04. The molecule has 0 bridgehead atoms. The normalized spacial score (nSPS) is 23.4. The molecule has 2 aliphatic rings. The first-order valence-corrected chi connectivity index (χ1v) is 6.32. The number of rotatable bonds is 1. The number of carbonyl (C=O) groups excluding carboxylic acids is 1. The van der Waals surface area contributed by atoms with Crippen LogP contribution >= 0.6 is 0 Å². The van der Waals surface area contributed by atoms with E-state index in [9.17, 15) is 4.79 Å². The minimum atomic E-state index is 0.590. The smallest absolute Gasteiger partial charge is 0.218 e. The number of anilines is 2. The van der Waals surface area contributed by atoms with Gasteiger partial charge in [-0.2, -0.15) is 0 Å². The first kappa shape index (κ1) is 9.89. The number of amides is 1. The molecule has 0 N–H and O–H groups in total. The van der Waals surface area contributed by atoms with Crippen LogP contribution in [-0.2, 0) is 4.79 Å². The van der Waals surface area contributed by atoms with Gasteiger partial charge in [-0.15, -0.1) is 0 Å². The third-order valence-electron chi connectivity index (χ3n) is 4.09. The third-order valence-corrected chi connectivity index (χ3v) is 4.09. The Morgan fingerprint density at radius 2 is 1.39 bits per heavy atom. The number of nitrogens with zero attached hydrogens (tertiary/aromatic N) is 1. The van der Waals surface area contributed by atoms with Crippen molar-refractivity contribution < 1.29 is 4.79 Å². The van der Waals surface area contributed by atoms with Crippen molar-refractivity contribution in [3.05, 3.63) is 59.7 Å². The highest BCUT2D eigenvalue weighted by Gasteiger charge is 2.45. The number of para-hydroxylation sites is 2. The number of fused-ring (bicyclic) bond motifs is 5. The molecular weight excluding hydrogens is 222 g/mol. The van der Waals surface area contributed by atoms with Crippen molar-refractivity contribution in [3.8, 4) is 0 Å². The molecule has 1 amide bonds. The standard InChI is InChI=1S/C16H13NO/c18-10-17-15-7-3-1-5-11(15)13-9-14(13)12-6-2-4-8-16(12)17/h1-8,10,13-14H,9H2. The summed E-state index contributed by atoms with van der Waals surface area (Å²) in [6.45, 7) is 0. The Labute approximate surface area is 106 Å². The first-order valence-electron chi connectivity index (χ1n) is 6.32. The van der Waals surface area contributed by atoms with Gasteiger partial charge in [0.05, 0.1) is 11.4 Å². The fourth-order valence-corrected chi connectivity index (χ4v) is 3.17. The maximum Gasteiger partial charge on any atom is 0.218 e. The summed E-state index contributed by atoms with van der Waals surface area (Å²) in [6, 6.07) is 16.5. The van der Waals surface area contributed by atoms with E-state index in [0.29, 0.717) is 11.8 Å². The van der Waals surface area contributed by atoms with Gasteiger partial charge in [0, 0.05) is 0 Å². The van der Waals surface area contributed by atoms with Crippen LogP contribution in [0.5, 0.6) is 0 Å². The molecule has 18 heavy (non-hydrogen) atoms. The van der Waals surface area contributed by atoms with Crippen LogP contribution in [0.4, 0.5) is 11.4 Å². The average Bonchev–Trinajstić information content (AvgIpc) is 3.20. The molecule has 2 aromatic carbocycles. The molecule has 2 unspecified atom stereocenters. The molecule has 0 radical (unpaired) electrons. The van der Waals surface area contributed by atoms with Gasteiger partial charge in [-0.1, -0.05) is 36.4 Å². The highest BCUT2D eigenvalue weighted by atomic mass is 16.1. The van der Waals surface area contributed by atoms with Gasteiger partial charge >= 0.3 is 0 Å². The minimum absolute atomic E-state index is 0.590. The van der Waals surface area contributed by atoms with Gasteiger partial charge in [0.15, 0.2) is 0 Å². The summed E-state index contributed by atoms with van der Waals surface area (Å²) < 4.78 is 0. The average molecular weight is 235 g/mol. The van der Waals surface area contributed by atoms with Crippen LogP contribution < -0.4 is 4.90 Å². The van der Waals surface area contributed by atoms with E-state index in [1.807, 2.05) is 24.3 Å². The lowest BCUT2D eigenvalue weighted by Crippen LogP contribution is -2.15. The largest absolute Gasteiger partial charge is 0.283 e. The highest BCUT2D eigenvalue weighted by Crippen LogP contribution is 2.61. The quantitative estimate of drug-likeness (QED) is 0.692. The number of benzene rings is 2. The van der Waals surface area contributed by atoms with Gasteiger partial charge in [-0.25, -0.2) is 0 Å². The van der Waals surface area contributed by atoms with E-state index in [4.69, 9.17) is 0 Å². The second kappa shape index (κ2) is 3.45. The summed E-state index contributed by atoms with van der Waals surface area (Å²) in [6.07, 6.45) is 2.14. The summed E-state index contributed by atoms with van der Waals surface area (Å²) >= 11 is 0. The van der Waals surface area contributed by atoms with Crippen molar-refractivity contribution in [2.75, 3.05) is 4.90 Å². The van der Waals surface area contributed by atoms with Gasteiger partial charge in [-0.05, 0) is 41.5 Å². The fourth-order valence-electron chi connectivity index (χ4n) is 3.17. The Bertz CT molecular complexity index is 583. The Kier molecular flexibility index (Phi) is 1.90. The van der Waals surface area contributed by atoms with E-state index in [0.717, 1.165) is 17.8 Å². The Morgan fingerprint density at radius 1 is 0.889 bits per heavy atom. The zero-order chi connectivity index (χ0) is 12.1. The minimum Gasteiger partial charge on any atom is -0.283 e. The molecule has 2 heteroatoms. The molecule has 0 aromatic heterocycles. The zero-order valence-electron chi connectivity index (χ0n) is 9.91. The molecule has 2 atom stereocenters. The molecule has 2 aromatic rings. The van der Waals surface area contributed by atoms with Crippen molar-refractivity contribution in [2.24, 2.45) is 0 Å². The number of carbonyl (C=O) groups is 1. The summed E-state index contributed by atoms with van der Waals surface area (Å²) in [5, 5.41) is 0. The van der Waals surface area contributed by atoms with E-state index >= 15 is 0 Å². The Hall–Kier alpha value is -2.09. The highest BCUT2D eigenvalue weighted by molar-refractivity contribution is 5.91. The SMILES string of the molecule is O=CN1c2ccccc2C2CC2c2ccccc21. The van der Waals surface area contributed by atoms with Crippen LogP contribution in [-0.4, -0.2) is 6.41 Å². The van der Waals surface area contributed by atoms with E-state index in [1.165, 1.54) is 17.5 Å². The van der Waals surface area contributed by atoms with Crippen molar-refractivity contribution in [2.45, 2.75) is 18.3 Å². The summed E-state index contributed by atoms with van der Waals surface area (Å²) in [5.74, 6) is 1.18. The molecule has 88 valence electrons. The topological polar surface area (TPSA) is 20.3 Å². The molecule has 1 aliphatic heterocycles. The molecule has 1 saturated carbocycles. The van der Waals surface area contributed by atoms with Crippen LogP contribution in [0.1, 0.15) is 29.4 Å². The maximum absolute atomic E-state index is 11.5. The van der Waals surface area contributed by atoms with E-state index in [2.05, 4.69) is 24.3 Å². The van der Waals surface area contributed by atoms with Gasteiger partial charge < -0.3 is 0 Å². The van der Waals surface area contributed by atoms with Crippen LogP contribution in [0.2, 0.25) is 0 Å². The lowest BCUT2D eigenvalue weighted by atomic mass is 10.0. The van der Waals surface area contributed by atoms with Crippen LogP contribution in [0, 0.1) is 0 Å². The molecule has 0 spiro atoms. The summed E-state index contributed by atoms with van der Waals surface area (Å²) in [5.41, 5.74) is 4.71. The van der Waals surface area contributed by atoms with Crippen molar-refractivity contribution in [3.63, 3.8) is 0 Å². The molecule has 1 heterocycles. The van der Waals surface area contributed by atoms with Gasteiger partial charge in [0.1, 0.15) is 0 Å². The Morgan fingerprint density at radius 3 is 1.89 bits per heavy atom. The number of hydrogen-bond donors (Lipinski definition) is 0. The predicted molar refractivity (Wildman–Crippen MR) is 71.2 cm³/mol. The van der Waals surface area contributed by atoms with Gasteiger partial charge in [-0.3, -0.25) is 9.69 Å². The van der Waals surface area contributed by atoms with Crippen LogP contribution in [0.25, 0.3) is 0 Å². The first-order chi connectivity index (χ1) is 8.90. The number of hydrogen-bond acceptors (Lipinski definition) is 1. The summed E-state index contributed by atoms with van der Waals surface area (Å²) in [7, 11) is 0. The molecule has 1 fully saturated rings. The van der Waals surface area contributed by atoms with E-state index in [-0.39, 0.29) is 0 Å². The third kappa shape index (κ3) is 1.20. The molecule has 4 rings (SSSR count). The van der Waals surface area contributed by atoms with Gasteiger partial charge in [0.25, 0.3) is 0 Å². The monoisotopic (exact) mass is 235 g/mol. The lowest BCUT2D eigenvalue weighted by Gasteiger charge is -2.21. The summed E-state index contributed by atoms with van der Waals surface area (Å²) in [4.78, 5) is 13.3. The van der Waals surface area contributed by atoms with Gasteiger partial charge in [0.2, 0.25) is 6.41 Å². The molecule has 2 nitrogen and oxygen atoms in total. The molecule has 1 aliphatic carbocycles. The maximum atomic E-state index is 11.5. The Balaban J connectivity index is 2.01. The van der Waals surface area contributed by atoms with Crippen LogP contribution in [0.3, 0.4) is 0 Å². The van der Waals surface area contributed by atoms with E-state index < -0.39 is 0 Å². The van der Waals surface area contributed by atoms with Crippen LogP contribution in [0.15, 0.2) is 48.5 Å². The van der Waals surface area contributed by atoms with Crippen molar-refractivity contribution >= 4 is 17.8 Å². The second-order valence-corrected chi connectivity index (χ2v) is 5.04. The fraction of sp³-hybridized carbons (Fsp3) is 0.188. The van der Waals surface area contributed by atoms with E-state index in [1.54, 1.807) is 4.90 Å². The molecule has 0 saturated heterocycles. The predicted octanol–water partition coefficient (Wildman–Crippen LogP) is 3.57. The zero-order valence-corrected chi connectivity index (χ0v) is 9.91.